The molecule has 2 N–H and O–H groups in total. The summed E-state index contributed by atoms with van der Waals surface area (Å²) >= 11 is 1.39. The molecule has 0 saturated carbocycles. The lowest BCUT2D eigenvalue weighted by molar-refractivity contribution is -0.384. The van der Waals surface area contributed by atoms with Gasteiger partial charge in [0.15, 0.2) is 11.0 Å². The van der Waals surface area contributed by atoms with Gasteiger partial charge in [-0.15, -0.1) is 10.2 Å². The standard InChI is InChI=1S/C20H21N5O5S/c1-24-18(17(11-26)21-19(27)14-5-9-16(30-2)10-6-14)22-23-20(24)31-12-13-3-7-15(8-4-13)25(28)29/h3-10,17,26H,11-12H2,1-2H3,(H,21,27)/t17-/m1/s1. The quantitative estimate of drug-likeness (QED) is 0.293. The third-order valence-electron chi connectivity index (χ3n) is 4.54. The molecule has 1 heterocycles. The van der Waals surface area contributed by atoms with Crippen LogP contribution in [0.2, 0.25) is 0 Å². The zero-order chi connectivity index (χ0) is 22.4. The Labute approximate surface area is 182 Å². The summed E-state index contributed by atoms with van der Waals surface area (Å²) < 4.78 is 6.78. The molecule has 0 bridgehead atoms. The van der Waals surface area contributed by atoms with E-state index in [0.717, 1.165) is 5.56 Å². The molecule has 0 aliphatic carbocycles. The average molecular weight is 443 g/mol. The number of methoxy groups -OCH3 is 1. The maximum absolute atomic E-state index is 12.5. The topological polar surface area (TPSA) is 132 Å². The minimum Gasteiger partial charge on any atom is -0.497 e. The van der Waals surface area contributed by atoms with Gasteiger partial charge in [-0.25, -0.2) is 0 Å². The summed E-state index contributed by atoms with van der Waals surface area (Å²) in [6.45, 7) is -0.346. The van der Waals surface area contributed by atoms with Gasteiger partial charge in [0, 0.05) is 30.5 Å². The molecule has 0 spiro atoms. The Morgan fingerprint density at radius 1 is 1.23 bits per heavy atom. The Morgan fingerprint density at radius 3 is 2.48 bits per heavy atom. The molecule has 0 saturated heterocycles. The maximum atomic E-state index is 12.5. The van der Waals surface area contributed by atoms with Crippen LogP contribution in [0.5, 0.6) is 5.75 Å². The van der Waals surface area contributed by atoms with Gasteiger partial charge in [0.1, 0.15) is 11.8 Å². The molecular weight excluding hydrogens is 422 g/mol. The van der Waals surface area contributed by atoms with Gasteiger partial charge in [0.05, 0.1) is 18.6 Å². The predicted molar refractivity (Wildman–Crippen MR) is 114 cm³/mol. The number of nitro groups is 1. The van der Waals surface area contributed by atoms with Crippen molar-refractivity contribution in [1.82, 2.24) is 20.1 Å². The van der Waals surface area contributed by atoms with E-state index in [2.05, 4.69) is 15.5 Å². The summed E-state index contributed by atoms with van der Waals surface area (Å²) in [5, 5.41) is 32.1. The van der Waals surface area contributed by atoms with Gasteiger partial charge in [-0.2, -0.15) is 0 Å². The molecule has 3 rings (SSSR count). The molecule has 3 aromatic rings. The number of benzene rings is 2. The lowest BCUT2D eigenvalue weighted by Gasteiger charge is -2.16. The smallest absolute Gasteiger partial charge is 0.269 e. The number of non-ortho nitro benzene ring substituents is 1. The van der Waals surface area contributed by atoms with Gasteiger partial charge in [-0.05, 0) is 29.8 Å². The number of thioether (sulfide) groups is 1. The van der Waals surface area contributed by atoms with Crippen molar-refractivity contribution in [3.05, 3.63) is 75.6 Å². The molecule has 1 aromatic heterocycles. The molecule has 11 heteroatoms. The van der Waals surface area contributed by atoms with E-state index in [0.29, 0.717) is 28.0 Å². The molecular formula is C20H21N5O5S. The van der Waals surface area contributed by atoms with Crippen LogP contribution in [-0.2, 0) is 12.8 Å². The van der Waals surface area contributed by atoms with Gasteiger partial charge in [0.25, 0.3) is 11.6 Å². The monoisotopic (exact) mass is 443 g/mol. The van der Waals surface area contributed by atoms with Crippen molar-refractivity contribution in [3.63, 3.8) is 0 Å². The third kappa shape index (κ3) is 5.38. The van der Waals surface area contributed by atoms with Crippen LogP contribution in [0.1, 0.15) is 27.8 Å². The number of carbonyl (C=O) groups is 1. The number of ether oxygens (including phenoxy) is 1. The number of carbonyl (C=O) groups excluding carboxylic acids is 1. The fraction of sp³-hybridized carbons (Fsp3) is 0.250. The summed E-state index contributed by atoms with van der Waals surface area (Å²) in [7, 11) is 3.29. The second-order valence-electron chi connectivity index (χ2n) is 6.55. The second kappa shape index (κ2) is 10.0. The number of nitrogens with one attached hydrogen (secondary N) is 1. The van der Waals surface area contributed by atoms with E-state index in [1.165, 1.54) is 23.9 Å². The van der Waals surface area contributed by atoms with E-state index in [1.807, 2.05) is 0 Å². The van der Waals surface area contributed by atoms with Gasteiger partial charge < -0.3 is 19.7 Å². The third-order valence-corrected chi connectivity index (χ3v) is 5.63. The number of hydrogen-bond donors (Lipinski definition) is 2. The summed E-state index contributed by atoms with van der Waals surface area (Å²) in [6, 6.07) is 12.2. The van der Waals surface area contributed by atoms with Crippen LogP contribution in [0.25, 0.3) is 0 Å². The predicted octanol–water partition coefficient (Wildman–Crippen LogP) is 2.49. The van der Waals surface area contributed by atoms with Crippen molar-refractivity contribution < 1.29 is 19.6 Å². The van der Waals surface area contributed by atoms with Crippen LogP contribution in [0.3, 0.4) is 0 Å². The van der Waals surface area contributed by atoms with Crippen LogP contribution < -0.4 is 10.1 Å². The van der Waals surface area contributed by atoms with Gasteiger partial charge in [-0.3, -0.25) is 14.9 Å². The molecule has 31 heavy (non-hydrogen) atoms. The number of aromatic nitrogens is 3. The minimum absolute atomic E-state index is 0.0353. The van der Waals surface area contributed by atoms with Crippen molar-refractivity contribution in [2.75, 3.05) is 13.7 Å². The number of rotatable bonds is 9. The molecule has 0 aliphatic heterocycles. The highest BCUT2D eigenvalue weighted by Gasteiger charge is 2.22. The van der Waals surface area contributed by atoms with E-state index in [4.69, 9.17) is 4.74 Å². The van der Waals surface area contributed by atoms with Gasteiger partial charge in [-0.1, -0.05) is 23.9 Å². The molecule has 0 unspecified atom stereocenters. The molecule has 2 aromatic carbocycles. The largest absolute Gasteiger partial charge is 0.497 e. The Bertz CT molecular complexity index is 1050. The summed E-state index contributed by atoms with van der Waals surface area (Å²) in [6.07, 6.45) is 0. The van der Waals surface area contributed by atoms with E-state index >= 15 is 0 Å². The van der Waals surface area contributed by atoms with E-state index < -0.39 is 11.0 Å². The van der Waals surface area contributed by atoms with E-state index in [9.17, 15) is 20.0 Å². The SMILES string of the molecule is COc1ccc(C(=O)N[C@H](CO)c2nnc(SCc3ccc([N+](=O)[O-])cc3)n2C)cc1. The van der Waals surface area contributed by atoms with Crippen LogP contribution in [0.15, 0.2) is 53.7 Å². The Balaban J connectivity index is 1.66. The highest BCUT2D eigenvalue weighted by atomic mass is 32.2. The first-order valence-corrected chi connectivity index (χ1v) is 10.2. The fourth-order valence-electron chi connectivity index (χ4n) is 2.79. The molecule has 0 fully saturated rings. The first-order valence-electron chi connectivity index (χ1n) is 9.24. The van der Waals surface area contributed by atoms with Crippen molar-refractivity contribution in [1.29, 1.82) is 0 Å². The fourth-order valence-corrected chi connectivity index (χ4v) is 3.67. The average Bonchev–Trinajstić information content (AvgIpc) is 3.16. The summed E-state index contributed by atoms with van der Waals surface area (Å²) in [5.74, 6) is 1.23. The Kier molecular flexibility index (Phi) is 7.21. The zero-order valence-corrected chi connectivity index (χ0v) is 17.7. The number of nitro benzene ring substituents is 1. The van der Waals surface area contributed by atoms with E-state index in [1.54, 1.807) is 55.1 Å². The highest BCUT2D eigenvalue weighted by molar-refractivity contribution is 7.98. The van der Waals surface area contributed by atoms with Crippen molar-refractivity contribution >= 4 is 23.4 Å². The first-order chi connectivity index (χ1) is 14.9. The summed E-state index contributed by atoms with van der Waals surface area (Å²) in [5.41, 5.74) is 1.36. The van der Waals surface area contributed by atoms with Gasteiger partial charge in [0.2, 0.25) is 0 Å². The van der Waals surface area contributed by atoms with Crippen LogP contribution in [0, 0.1) is 10.1 Å². The van der Waals surface area contributed by atoms with Crippen LogP contribution in [0.4, 0.5) is 5.69 Å². The molecule has 0 aliphatic rings. The molecule has 1 amide bonds. The second-order valence-corrected chi connectivity index (χ2v) is 7.49. The number of nitrogens with zero attached hydrogens (tertiary/aromatic N) is 4. The Morgan fingerprint density at radius 2 is 1.90 bits per heavy atom. The lowest BCUT2D eigenvalue weighted by atomic mass is 10.2. The molecule has 1 atom stereocenters. The number of aliphatic hydroxyl groups is 1. The molecule has 162 valence electrons. The maximum Gasteiger partial charge on any atom is 0.269 e. The van der Waals surface area contributed by atoms with Crippen molar-refractivity contribution in [2.45, 2.75) is 17.0 Å². The zero-order valence-electron chi connectivity index (χ0n) is 16.9. The van der Waals surface area contributed by atoms with Crippen LogP contribution >= 0.6 is 11.8 Å². The van der Waals surface area contributed by atoms with E-state index in [-0.39, 0.29) is 18.2 Å². The number of hydrogen-bond acceptors (Lipinski definition) is 8. The highest BCUT2D eigenvalue weighted by Crippen LogP contribution is 2.24. The first kappa shape index (κ1) is 22.2. The number of amides is 1. The van der Waals surface area contributed by atoms with Crippen molar-refractivity contribution in [3.8, 4) is 5.75 Å². The summed E-state index contributed by atoms with van der Waals surface area (Å²) in [4.78, 5) is 22.8. The molecule has 0 radical (unpaired) electrons. The normalized spacial score (nSPS) is 11.7. The number of aliphatic hydroxyl groups excluding tert-OH is 1. The molecule has 10 nitrogen and oxygen atoms in total. The van der Waals surface area contributed by atoms with Gasteiger partial charge >= 0.3 is 0 Å². The van der Waals surface area contributed by atoms with Crippen molar-refractivity contribution in [2.24, 2.45) is 7.05 Å². The Hall–Kier alpha value is -3.44. The lowest BCUT2D eigenvalue weighted by Crippen LogP contribution is -2.32. The minimum atomic E-state index is -0.735. The van der Waals surface area contributed by atoms with Crippen LogP contribution in [-0.4, -0.2) is 44.4 Å².